The van der Waals surface area contributed by atoms with Gasteiger partial charge in [0.1, 0.15) is 41.0 Å². The number of aromatic nitrogens is 6. The molecule has 2 N–H and O–H groups in total. The van der Waals surface area contributed by atoms with E-state index in [4.69, 9.17) is 19.2 Å². The topological polar surface area (TPSA) is 120 Å². The molecule has 0 fully saturated rings. The lowest BCUT2D eigenvalue weighted by Crippen LogP contribution is -2.09. The molecular formula is C16H16N6O4. The number of nitrogens with zero attached hydrogens (tertiary/aromatic N) is 4. The Morgan fingerprint density at radius 1 is 0.731 bits per heavy atom. The van der Waals surface area contributed by atoms with Crippen LogP contribution >= 0.6 is 0 Å². The van der Waals surface area contributed by atoms with Gasteiger partial charge in [0.2, 0.25) is 0 Å². The fourth-order valence-corrected chi connectivity index (χ4v) is 2.32. The van der Waals surface area contributed by atoms with Gasteiger partial charge in [-0.1, -0.05) is 6.07 Å². The Morgan fingerprint density at radius 2 is 1.46 bits per heavy atom. The molecule has 0 bridgehead atoms. The molecule has 10 nitrogen and oxygen atoms in total. The van der Waals surface area contributed by atoms with Crippen LogP contribution in [0, 0.1) is 0 Å². The fraction of sp³-hybridized carbons (Fsp3) is 0.250. The van der Waals surface area contributed by atoms with E-state index in [0.717, 1.165) is 27.6 Å². The number of hydrogen-bond donors (Lipinski definition) is 2. The zero-order valence-corrected chi connectivity index (χ0v) is 13.7. The number of fused-ring (bicyclic) bond motifs is 2. The van der Waals surface area contributed by atoms with Crippen LogP contribution < -0.4 is 4.74 Å². The Kier molecular flexibility index (Phi) is 4.96. The molecule has 0 radical (unpaired) electrons. The lowest BCUT2D eigenvalue weighted by molar-refractivity contribution is -0.309. The minimum absolute atomic E-state index is 0.107. The summed E-state index contributed by atoms with van der Waals surface area (Å²) in [5.74, 6) is 0.659. The molecule has 0 unspecified atom stereocenters. The smallest absolute Gasteiger partial charge is 0.189 e. The normalized spacial score (nSPS) is 11.4. The summed E-state index contributed by atoms with van der Waals surface area (Å²) in [7, 11) is 0. The van der Waals surface area contributed by atoms with E-state index in [1.807, 2.05) is 24.3 Å². The van der Waals surface area contributed by atoms with E-state index < -0.39 is 0 Å². The molecule has 0 atom stereocenters. The van der Waals surface area contributed by atoms with Crippen molar-refractivity contribution in [2.24, 2.45) is 0 Å². The van der Waals surface area contributed by atoms with Gasteiger partial charge in [0, 0.05) is 6.07 Å². The van der Waals surface area contributed by atoms with Gasteiger partial charge in [0.05, 0.1) is 6.61 Å². The summed E-state index contributed by atoms with van der Waals surface area (Å²) in [5.41, 5.74) is 4.06. The van der Waals surface area contributed by atoms with Crippen LogP contribution in [0.25, 0.3) is 22.1 Å². The summed E-state index contributed by atoms with van der Waals surface area (Å²) in [6.07, 6.45) is 0. The van der Waals surface area contributed by atoms with E-state index in [0.29, 0.717) is 19.0 Å². The molecule has 0 spiro atoms. The van der Waals surface area contributed by atoms with Gasteiger partial charge in [-0.2, -0.15) is 30.8 Å². The molecule has 0 aliphatic rings. The molecule has 2 heterocycles. The predicted octanol–water partition coefficient (Wildman–Crippen LogP) is 1.73. The summed E-state index contributed by atoms with van der Waals surface area (Å²) >= 11 is 0. The number of rotatable bonds is 9. The molecular weight excluding hydrogens is 340 g/mol. The van der Waals surface area contributed by atoms with Gasteiger partial charge in [-0.25, -0.2) is 9.78 Å². The zero-order valence-electron chi connectivity index (χ0n) is 13.7. The second-order valence-electron chi connectivity index (χ2n) is 5.38. The highest BCUT2D eigenvalue weighted by Gasteiger charge is 2.02. The van der Waals surface area contributed by atoms with Gasteiger partial charge >= 0.3 is 0 Å². The largest absolute Gasteiger partial charge is 0.467 e. The molecule has 134 valence electrons. The molecule has 0 amide bonds. The van der Waals surface area contributed by atoms with E-state index >= 15 is 0 Å². The Hall–Kier alpha value is -3.08. The van der Waals surface area contributed by atoms with Crippen molar-refractivity contribution in [1.29, 1.82) is 0 Å². The van der Waals surface area contributed by atoms with Crippen LogP contribution in [-0.4, -0.2) is 50.8 Å². The minimum Gasteiger partial charge on any atom is -0.467 e. The van der Waals surface area contributed by atoms with Gasteiger partial charge < -0.3 is 9.47 Å². The maximum Gasteiger partial charge on any atom is 0.189 e. The predicted molar refractivity (Wildman–Crippen MR) is 90.0 cm³/mol. The van der Waals surface area contributed by atoms with Crippen molar-refractivity contribution in [1.82, 2.24) is 30.8 Å². The number of nitrogens with one attached hydrogen (secondary N) is 2. The van der Waals surface area contributed by atoms with Crippen molar-refractivity contribution in [3.8, 4) is 5.75 Å². The average molecular weight is 356 g/mol. The fourth-order valence-electron chi connectivity index (χ4n) is 2.32. The molecule has 2 aromatic heterocycles. The van der Waals surface area contributed by atoms with Crippen molar-refractivity contribution in [2.45, 2.75) is 6.61 Å². The van der Waals surface area contributed by atoms with Crippen molar-refractivity contribution < 1.29 is 19.2 Å². The molecule has 0 aliphatic heterocycles. The molecule has 0 saturated carbocycles. The maximum atomic E-state index is 5.48. The molecule has 4 rings (SSSR count). The van der Waals surface area contributed by atoms with Crippen molar-refractivity contribution in [2.75, 3.05) is 20.0 Å². The van der Waals surface area contributed by atoms with Crippen LogP contribution in [0.5, 0.6) is 5.75 Å². The minimum atomic E-state index is 0.107. The molecule has 10 heteroatoms. The molecule has 0 aliphatic carbocycles. The van der Waals surface area contributed by atoms with Crippen LogP contribution in [0.1, 0.15) is 5.56 Å². The quantitative estimate of drug-likeness (QED) is 0.201. The second kappa shape index (κ2) is 7.87. The first-order valence-electron chi connectivity index (χ1n) is 7.93. The Balaban J connectivity index is 1.10. The first kappa shape index (κ1) is 16.4. The van der Waals surface area contributed by atoms with Crippen LogP contribution in [0.3, 0.4) is 0 Å². The van der Waals surface area contributed by atoms with Gasteiger partial charge in [-0.05, 0) is 29.8 Å². The summed E-state index contributed by atoms with van der Waals surface area (Å²) in [6, 6.07) is 11.1. The van der Waals surface area contributed by atoms with Crippen LogP contribution in [0.15, 0.2) is 36.4 Å². The highest BCUT2D eigenvalue weighted by molar-refractivity contribution is 5.75. The van der Waals surface area contributed by atoms with Crippen molar-refractivity contribution >= 4 is 22.1 Å². The Labute approximate surface area is 147 Å². The highest BCUT2D eigenvalue weighted by atomic mass is 17.2. The Morgan fingerprint density at radius 3 is 2.31 bits per heavy atom. The number of ether oxygens (including phenoxy) is 2. The van der Waals surface area contributed by atoms with E-state index in [1.54, 1.807) is 12.1 Å². The molecule has 4 aromatic rings. The van der Waals surface area contributed by atoms with Crippen LogP contribution in [-0.2, 0) is 21.1 Å². The average Bonchev–Trinajstić information content (AvgIpc) is 3.31. The maximum absolute atomic E-state index is 5.48. The van der Waals surface area contributed by atoms with Gasteiger partial charge in [-0.3, -0.25) is 0 Å². The standard InChI is InChI=1S/C16H16N6O4/c1-3-13-15(19-21-17-13)7-11(1)9-26-25-6-5-23-10-24-12-2-4-14-16(8-12)20-22-18-14/h1-4,7-8H,5-6,9-10H2,(H,17,19,21)(H,18,20,22). The number of benzene rings is 2. The summed E-state index contributed by atoms with van der Waals surface area (Å²) in [6.45, 7) is 1.05. The SMILES string of the molecule is c1cc2n[nH]nc2cc1COOCCOCOc1ccc2n[nH]nc2c1. The zero-order chi connectivity index (χ0) is 17.6. The number of H-pyrrole nitrogens is 2. The monoisotopic (exact) mass is 356 g/mol. The summed E-state index contributed by atoms with van der Waals surface area (Å²) in [4.78, 5) is 10.2. The van der Waals surface area contributed by atoms with Crippen molar-refractivity contribution in [3.63, 3.8) is 0 Å². The lowest BCUT2D eigenvalue weighted by Gasteiger charge is -2.07. The first-order valence-corrected chi connectivity index (χ1v) is 7.93. The highest BCUT2D eigenvalue weighted by Crippen LogP contribution is 2.16. The third-order valence-electron chi connectivity index (χ3n) is 3.60. The molecule has 26 heavy (non-hydrogen) atoms. The van der Waals surface area contributed by atoms with Crippen LogP contribution in [0.4, 0.5) is 0 Å². The van der Waals surface area contributed by atoms with Crippen molar-refractivity contribution in [3.05, 3.63) is 42.0 Å². The van der Waals surface area contributed by atoms with E-state index in [1.165, 1.54) is 0 Å². The van der Waals surface area contributed by atoms with E-state index in [9.17, 15) is 0 Å². The van der Waals surface area contributed by atoms with Gasteiger partial charge in [0.25, 0.3) is 0 Å². The lowest BCUT2D eigenvalue weighted by atomic mass is 10.2. The third kappa shape index (κ3) is 3.94. The third-order valence-corrected chi connectivity index (χ3v) is 3.60. The second-order valence-corrected chi connectivity index (χ2v) is 5.38. The number of aromatic amines is 2. The van der Waals surface area contributed by atoms with E-state index in [2.05, 4.69) is 30.8 Å². The molecule has 0 saturated heterocycles. The van der Waals surface area contributed by atoms with Gasteiger partial charge in [0.15, 0.2) is 6.79 Å². The summed E-state index contributed by atoms with van der Waals surface area (Å²) in [5, 5.41) is 21.1. The molecule has 2 aromatic carbocycles. The van der Waals surface area contributed by atoms with Gasteiger partial charge in [-0.15, -0.1) is 0 Å². The summed E-state index contributed by atoms with van der Waals surface area (Å²) < 4.78 is 10.8. The Bertz CT molecular complexity index is 905. The first-order chi connectivity index (χ1) is 12.9. The number of hydrogen-bond acceptors (Lipinski definition) is 8. The van der Waals surface area contributed by atoms with E-state index in [-0.39, 0.29) is 13.4 Å². The van der Waals surface area contributed by atoms with Crippen LogP contribution in [0.2, 0.25) is 0 Å².